The molecule has 0 aromatic carbocycles. The van der Waals surface area contributed by atoms with Crippen molar-refractivity contribution >= 4 is 8.32 Å². The molecule has 4 rings (SSSR count). The Kier molecular flexibility index (Phi) is 6.25. The van der Waals surface area contributed by atoms with Crippen LogP contribution in [0.1, 0.15) is 86.5 Å². The first kappa shape index (κ1) is 24.7. The second-order valence-corrected chi connectivity index (χ2v) is 18.7. The van der Waals surface area contributed by atoms with E-state index < -0.39 is 8.32 Å². The van der Waals surface area contributed by atoms with Crippen molar-refractivity contribution in [3.8, 4) is 0 Å². The van der Waals surface area contributed by atoms with Crippen LogP contribution in [-0.2, 0) is 4.43 Å². The van der Waals surface area contributed by atoms with Crippen molar-refractivity contribution in [1.29, 1.82) is 0 Å². The molecule has 0 bridgehead atoms. The van der Waals surface area contributed by atoms with Crippen molar-refractivity contribution in [3.05, 3.63) is 24.3 Å². The molecule has 3 heteroatoms. The van der Waals surface area contributed by atoms with Crippen molar-refractivity contribution in [1.82, 2.24) is 0 Å². The third-order valence-electron chi connectivity index (χ3n) is 11.4. The number of hydrogen-bond acceptors (Lipinski definition) is 2. The van der Waals surface area contributed by atoms with E-state index in [0.717, 1.165) is 24.7 Å². The quantitative estimate of drug-likeness (QED) is 0.345. The molecule has 0 aromatic heterocycles. The molecule has 4 aliphatic carbocycles. The van der Waals surface area contributed by atoms with E-state index in [1.165, 1.54) is 32.1 Å². The molecule has 0 aromatic rings. The molecule has 1 N–H and O–H groups in total. The van der Waals surface area contributed by atoms with Crippen LogP contribution in [0.25, 0.3) is 0 Å². The number of allylic oxidation sites excluding steroid dienone is 2. The fraction of sp³-hybridized carbons (Fsp3) is 0.862. The first-order valence-corrected chi connectivity index (χ1v) is 16.3. The Balaban J connectivity index is 1.55. The van der Waals surface area contributed by atoms with Gasteiger partial charge in [-0.1, -0.05) is 59.3 Å². The average molecular weight is 459 g/mol. The molecule has 2 nitrogen and oxygen atoms in total. The summed E-state index contributed by atoms with van der Waals surface area (Å²) in [6.07, 6.45) is 13.4. The zero-order chi connectivity index (χ0) is 23.7. The van der Waals surface area contributed by atoms with Crippen LogP contribution in [0.2, 0.25) is 18.1 Å². The van der Waals surface area contributed by atoms with Crippen LogP contribution in [-0.4, -0.2) is 25.6 Å². The topological polar surface area (TPSA) is 29.5 Å². The van der Waals surface area contributed by atoms with Crippen molar-refractivity contribution < 1.29 is 9.53 Å². The molecule has 3 saturated carbocycles. The summed E-state index contributed by atoms with van der Waals surface area (Å²) in [4.78, 5) is 0. The zero-order valence-corrected chi connectivity index (χ0v) is 23.2. The second-order valence-electron chi connectivity index (χ2n) is 14.0. The highest BCUT2D eigenvalue weighted by Crippen LogP contribution is 2.67. The largest absolute Gasteiger partial charge is 0.414 e. The number of aliphatic hydroxyl groups is 1. The molecule has 0 heterocycles. The number of hydrogen-bond donors (Lipinski definition) is 1. The Morgan fingerprint density at radius 1 is 1.19 bits per heavy atom. The van der Waals surface area contributed by atoms with Crippen LogP contribution in [0, 0.1) is 40.4 Å². The third-order valence-corrected chi connectivity index (χ3v) is 15.9. The highest BCUT2D eigenvalue weighted by Gasteiger charge is 2.61. The van der Waals surface area contributed by atoms with Crippen LogP contribution in [0.3, 0.4) is 0 Å². The standard InChI is InChI=1S/C29H50O2Si/c1-10-19(2)26-25(30)18-24-22-12-11-20-17-21(31-32(8,9)27(3,4)5)13-15-28(20,6)23(22)14-16-29(24,26)7/h10-11,19,21-26,30H,1,12-18H2,2-9H3/t19-,21+,22-,23+,24+,25-,26+,28?,29+/m1/s1. The van der Waals surface area contributed by atoms with E-state index in [2.05, 4.69) is 73.4 Å². The monoisotopic (exact) mass is 458 g/mol. The Hall–Kier alpha value is -0.383. The van der Waals surface area contributed by atoms with Gasteiger partial charge in [-0.15, -0.1) is 6.58 Å². The Morgan fingerprint density at radius 2 is 1.88 bits per heavy atom. The van der Waals surface area contributed by atoms with Gasteiger partial charge in [0.2, 0.25) is 0 Å². The van der Waals surface area contributed by atoms with E-state index in [9.17, 15) is 5.11 Å². The predicted molar refractivity (Wildman–Crippen MR) is 138 cm³/mol. The first-order valence-electron chi connectivity index (χ1n) is 13.4. The van der Waals surface area contributed by atoms with Gasteiger partial charge in [0, 0.05) is 6.10 Å². The van der Waals surface area contributed by atoms with Gasteiger partial charge in [0.15, 0.2) is 8.32 Å². The molecule has 9 atom stereocenters. The lowest BCUT2D eigenvalue weighted by Crippen LogP contribution is -2.52. The molecule has 0 radical (unpaired) electrons. The van der Waals surface area contributed by atoms with Gasteiger partial charge in [0.25, 0.3) is 0 Å². The maximum atomic E-state index is 11.1. The van der Waals surface area contributed by atoms with Crippen molar-refractivity contribution in [2.24, 2.45) is 40.4 Å². The first-order chi connectivity index (χ1) is 14.7. The van der Waals surface area contributed by atoms with Gasteiger partial charge >= 0.3 is 0 Å². The van der Waals surface area contributed by atoms with Gasteiger partial charge in [-0.25, -0.2) is 0 Å². The molecule has 0 spiro atoms. The molecule has 0 amide bonds. The van der Waals surface area contributed by atoms with Crippen LogP contribution in [0.15, 0.2) is 24.3 Å². The number of aliphatic hydroxyl groups excluding tert-OH is 1. The van der Waals surface area contributed by atoms with E-state index in [0.29, 0.717) is 29.3 Å². The van der Waals surface area contributed by atoms with E-state index in [1.807, 2.05) is 0 Å². The molecule has 182 valence electrons. The minimum absolute atomic E-state index is 0.163. The summed E-state index contributed by atoms with van der Waals surface area (Å²) in [5.41, 5.74) is 2.30. The predicted octanol–water partition coefficient (Wildman–Crippen LogP) is 7.75. The van der Waals surface area contributed by atoms with Gasteiger partial charge in [0.05, 0.1) is 6.10 Å². The van der Waals surface area contributed by atoms with E-state index in [4.69, 9.17) is 4.43 Å². The van der Waals surface area contributed by atoms with Crippen LogP contribution < -0.4 is 0 Å². The van der Waals surface area contributed by atoms with Gasteiger partial charge in [-0.2, -0.15) is 0 Å². The molecular weight excluding hydrogens is 408 g/mol. The summed E-state index contributed by atoms with van der Waals surface area (Å²) in [5.74, 6) is 2.93. The fourth-order valence-electron chi connectivity index (χ4n) is 8.47. The van der Waals surface area contributed by atoms with E-state index in [1.54, 1.807) is 5.57 Å². The maximum Gasteiger partial charge on any atom is 0.192 e. The molecule has 0 aliphatic heterocycles. The number of rotatable bonds is 4. The van der Waals surface area contributed by atoms with E-state index >= 15 is 0 Å². The lowest BCUT2D eigenvalue weighted by Gasteiger charge is -2.58. The molecular formula is C29H50O2Si. The maximum absolute atomic E-state index is 11.1. The molecule has 1 unspecified atom stereocenters. The van der Waals surface area contributed by atoms with Crippen LogP contribution >= 0.6 is 0 Å². The molecule has 0 saturated heterocycles. The normalized spacial score (nSPS) is 45.3. The summed E-state index contributed by atoms with van der Waals surface area (Å²) in [6.45, 7) is 23.3. The minimum atomic E-state index is -1.73. The smallest absolute Gasteiger partial charge is 0.192 e. The SMILES string of the molecule is C=C[C@@H](C)[C@H]1[C@H](O)C[C@H]2[C@@H]3CC=C4C[C@@H](O[Si](C)(C)C(C)(C)C)CCC4(C)[C@H]3CC[C@]12C. The Bertz CT molecular complexity index is 764. The highest BCUT2D eigenvalue weighted by molar-refractivity contribution is 6.74. The summed E-state index contributed by atoms with van der Waals surface area (Å²) < 4.78 is 6.88. The molecule has 32 heavy (non-hydrogen) atoms. The lowest BCUT2D eigenvalue weighted by atomic mass is 9.47. The Labute approximate surface area is 199 Å². The zero-order valence-electron chi connectivity index (χ0n) is 22.2. The van der Waals surface area contributed by atoms with Gasteiger partial charge < -0.3 is 9.53 Å². The summed E-state index contributed by atoms with van der Waals surface area (Å²) in [6, 6.07) is 0. The third kappa shape index (κ3) is 3.73. The second kappa shape index (κ2) is 8.09. The molecule has 3 fully saturated rings. The Morgan fingerprint density at radius 3 is 2.50 bits per heavy atom. The minimum Gasteiger partial charge on any atom is -0.414 e. The van der Waals surface area contributed by atoms with Crippen molar-refractivity contribution in [3.63, 3.8) is 0 Å². The number of fused-ring (bicyclic) bond motifs is 5. The van der Waals surface area contributed by atoms with Crippen molar-refractivity contribution in [2.45, 2.75) is 117 Å². The van der Waals surface area contributed by atoms with Gasteiger partial charge in [-0.3, -0.25) is 0 Å². The summed E-state index contributed by atoms with van der Waals surface area (Å²) >= 11 is 0. The lowest BCUT2D eigenvalue weighted by molar-refractivity contribution is -0.0567. The summed E-state index contributed by atoms with van der Waals surface area (Å²) in [7, 11) is -1.73. The highest BCUT2D eigenvalue weighted by atomic mass is 28.4. The molecule has 4 aliphatic rings. The van der Waals surface area contributed by atoms with Gasteiger partial charge in [-0.05, 0) is 103 Å². The van der Waals surface area contributed by atoms with E-state index in [-0.39, 0.29) is 16.6 Å². The summed E-state index contributed by atoms with van der Waals surface area (Å²) in [5, 5.41) is 11.4. The van der Waals surface area contributed by atoms with Crippen LogP contribution in [0.4, 0.5) is 0 Å². The van der Waals surface area contributed by atoms with Crippen molar-refractivity contribution in [2.75, 3.05) is 0 Å². The average Bonchev–Trinajstić information content (AvgIpc) is 2.96. The van der Waals surface area contributed by atoms with Gasteiger partial charge in [0.1, 0.15) is 0 Å². The fourth-order valence-corrected chi connectivity index (χ4v) is 9.86. The van der Waals surface area contributed by atoms with Crippen LogP contribution in [0.5, 0.6) is 0 Å².